The number of carbonyl (C=O) groups is 1. The number of aromatic nitrogens is 2. The molecule has 3 N–H and O–H groups in total. The second kappa shape index (κ2) is 5.83. The van der Waals surface area contributed by atoms with E-state index in [2.05, 4.69) is 26.3 Å². The van der Waals surface area contributed by atoms with Gasteiger partial charge in [0.2, 0.25) is 0 Å². The molecule has 0 aliphatic heterocycles. The second-order valence-corrected chi connectivity index (χ2v) is 4.83. The molecule has 0 aliphatic rings. The molecule has 0 unspecified atom stereocenters. The SMILES string of the molecule is Nc1cnn(CCNC(=O)c2ccc(Br)cc2F)c1. The number of benzene rings is 1. The number of amides is 1. The molecule has 0 spiro atoms. The molecule has 0 saturated heterocycles. The first kappa shape index (κ1) is 13.5. The predicted octanol–water partition coefficient (Wildman–Crippen LogP) is 1.80. The zero-order valence-corrected chi connectivity index (χ0v) is 11.5. The Balaban J connectivity index is 1.90. The van der Waals surface area contributed by atoms with Crippen molar-refractivity contribution in [2.45, 2.75) is 6.54 Å². The number of carbonyl (C=O) groups excluding carboxylic acids is 1. The van der Waals surface area contributed by atoms with Gasteiger partial charge in [-0.3, -0.25) is 9.48 Å². The molecular weight excluding hydrogens is 315 g/mol. The summed E-state index contributed by atoms with van der Waals surface area (Å²) >= 11 is 3.14. The number of hydrogen-bond acceptors (Lipinski definition) is 3. The molecule has 5 nitrogen and oxygen atoms in total. The zero-order valence-electron chi connectivity index (χ0n) is 9.94. The van der Waals surface area contributed by atoms with Crippen molar-refractivity contribution in [1.29, 1.82) is 0 Å². The number of nitrogen functional groups attached to an aromatic ring is 1. The van der Waals surface area contributed by atoms with E-state index in [0.29, 0.717) is 23.2 Å². The summed E-state index contributed by atoms with van der Waals surface area (Å²) in [4.78, 5) is 11.8. The topological polar surface area (TPSA) is 72.9 Å². The Kier molecular flexibility index (Phi) is 4.16. The third-order valence-electron chi connectivity index (χ3n) is 2.46. The summed E-state index contributed by atoms with van der Waals surface area (Å²) in [7, 11) is 0. The van der Waals surface area contributed by atoms with Gasteiger partial charge in [0.1, 0.15) is 5.82 Å². The molecule has 0 saturated carbocycles. The van der Waals surface area contributed by atoms with Gasteiger partial charge in [-0.15, -0.1) is 0 Å². The average molecular weight is 327 g/mol. The van der Waals surface area contributed by atoms with Crippen LogP contribution in [0.3, 0.4) is 0 Å². The Morgan fingerprint density at radius 3 is 2.95 bits per heavy atom. The average Bonchev–Trinajstić information content (AvgIpc) is 2.75. The van der Waals surface area contributed by atoms with Gasteiger partial charge in [0.05, 0.1) is 24.0 Å². The normalized spacial score (nSPS) is 10.4. The summed E-state index contributed by atoms with van der Waals surface area (Å²) in [6, 6.07) is 4.30. The third-order valence-corrected chi connectivity index (χ3v) is 2.95. The molecule has 1 aromatic carbocycles. The van der Waals surface area contributed by atoms with Crippen molar-refractivity contribution < 1.29 is 9.18 Å². The van der Waals surface area contributed by atoms with Gasteiger partial charge in [-0.2, -0.15) is 5.10 Å². The summed E-state index contributed by atoms with van der Waals surface area (Å²) in [6.45, 7) is 0.816. The molecule has 2 aromatic rings. The van der Waals surface area contributed by atoms with Crippen LogP contribution >= 0.6 is 15.9 Å². The minimum absolute atomic E-state index is 0.0168. The smallest absolute Gasteiger partial charge is 0.254 e. The zero-order chi connectivity index (χ0) is 13.8. The quantitative estimate of drug-likeness (QED) is 0.899. The van der Waals surface area contributed by atoms with E-state index in [4.69, 9.17) is 5.73 Å². The van der Waals surface area contributed by atoms with Crippen molar-refractivity contribution in [1.82, 2.24) is 15.1 Å². The minimum atomic E-state index is -0.560. The Labute approximate surface area is 117 Å². The first-order chi connectivity index (χ1) is 9.06. The van der Waals surface area contributed by atoms with E-state index in [-0.39, 0.29) is 5.56 Å². The molecular formula is C12H12BrFN4O. The first-order valence-corrected chi connectivity index (χ1v) is 6.37. The molecule has 1 heterocycles. The van der Waals surface area contributed by atoms with Crippen LogP contribution in [0.4, 0.5) is 10.1 Å². The van der Waals surface area contributed by atoms with Gasteiger partial charge >= 0.3 is 0 Å². The summed E-state index contributed by atoms with van der Waals surface area (Å²) in [5.41, 5.74) is 6.09. The lowest BCUT2D eigenvalue weighted by molar-refractivity contribution is 0.0948. The maximum atomic E-state index is 13.5. The van der Waals surface area contributed by atoms with Crippen molar-refractivity contribution in [3.63, 3.8) is 0 Å². The summed E-state index contributed by atoms with van der Waals surface area (Å²) < 4.78 is 15.7. The molecule has 1 amide bonds. The van der Waals surface area contributed by atoms with Crippen molar-refractivity contribution in [3.8, 4) is 0 Å². The van der Waals surface area contributed by atoms with Gasteiger partial charge in [-0.05, 0) is 18.2 Å². The molecule has 7 heteroatoms. The van der Waals surface area contributed by atoms with E-state index in [1.807, 2.05) is 0 Å². The fraction of sp³-hybridized carbons (Fsp3) is 0.167. The minimum Gasteiger partial charge on any atom is -0.396 e. The number of nitrogens with zero attached hydrogens (tertiary/aromatic N) is 2. The molecule has 0 fully saturated rings. The van der Waals surface area contributed by atoms with Gasteiger partial charge < -0.3 is 11.1 Å². The van der Waals surface area contributed by atoms with Crippen LogP contribution in [0.15, 0.2) is 35.1 Å². The highest BCUT2D eigenvalue weighted by Gasteiger charge is 2.11. The Morgan fingerprint density at radius 2 is 2.32 bits per heavy atom. The van der Waals surface area contributed by atoms with E-state index < -0.39 is 11.7 Å². The lowest BCUT2D eigenvalue weighted by Gasteiger charge is -2.06. The van der Waals surface area contributed by atoms with E-state index in [0.717, 1.165) is 0 Å². The van der Waals surface area contributed by atoms with Crippen molar-refractivity contribution in [2.24, 2.45) is 0 Å². The summed E-state index contributed by atoms with van der Waals surface area (Å²) in [6.07, 6.45) is 3.18. The highest BCUT2D eigenvalue weighted by atomic mass is 79.9. The Bertz CT molecular complexity index is 599. The van der Waals surface area contributed by atoms with Crippen LogP contribution in [-0.2, 0) is 6.54 Å². The molecule has 2 rings (SSSR count). The summed E-state index contributed by atoms with van der Waals surface area (Å²) in [5, 5.41) is 6.60. The van der Waals surface area contributed by atoms with Gasteiger partial charge in [0, 0.05) is 17.2 Å². The van der Waals surface area contributed by atoms with Crippen LogP contribution in [0.25, 0.3) is 0 Å². The molecule has 0 radical (unpaired) electrons. The van der Waals surface area contributed by atoms with Crippen LogP contribution in [-0.4, -0.2) is 22.2 Å². The van der Waals surface area contributed by atoms with Gasteiger partial charge in [-0.1, -0.05) is 15.9 Å². The highest BCUT2D eigenvalue weighted by Crippen LogP contribution is 2.15. The Morgan fingerprint density at radius 1 is 1.53 bits per heavy atom. The molecule has 0 bridgehead atoms. The second-order valence-electron chi connectivity index (χ2n) is 3.92. The maximum absolute atomic E-state index is 13.5. The van der Waals surface area contributed by atoms with Crippen molar-refractivity contribution >= 4 is 27.5 Å². The van der Waals surface area contributed by atoms with Crippen molar-refractivity contribution in [2.75, 3.05) is 12.3 Å². The van der Waals surface area contributed by atoms with Gasteiger partial charge in [0.15, 0.2) is 0 Å². The van der Waals surface area contributed by atoms with E-state index in [1.54, 1.807) is 16.9 Å². The highest BCUT2D eigenvalue weighted by molar-refractivity contribution is 9.10. The molecule has 19 heavy (non-hydrogen) atoms. The van der Waals surface area contributed by atoms with E-state index in [1.165, 1.54) is 18.3 Å². The number of nitrogens with two attached hydrogens (primary N) is 1. The fourth-order valence-electron chi connectivity index (χ4n) is 1.55. The lowest BCUT2D eigenvalue weighted by atomic mass is 10.2. The van der Waals surface area contributed by atoms with E-state index >= 15 is 0 Å². The van der Waals surface area contributed by atoms with Crippen LogP contribution in [0.5, 0.6) is 0 Å². The monoisotopic (exact) mass is 326 g/mol. The van der Waals surface area contributed by atoms with Crippen LogP contribution in [0, 0.1) is 5.82 Å². The molecule has 1 aromatic heterocycles. The molecule has 0 atom stereocenters. The third kappa shape index (κ3) is 3.54. The van der Waals surface area contributed by atoms with Crippen LogP contribution in [0.2, 0.25) is 0 Å². The largest absolute Gasteiger partial charge is 0.396 e. The van der Waals surface area contributed by atoms with Gasteiger partial charge in [-0.25, -0.2) is 4.39 Å². The fourth-order valence-corrected chi connectivity index (χ4v) is 1.89. The van der Waals surface area contributed by atoms with Crippen LogP contribution in [0.1, 0.15) is 10.4 Å². The summed E-state index contributed by atoms with van der Waals surface area (Å²) in [5.74, 6) is -1.01. The molecule has 0 aliphatic carbocycles. The van der Waals surface area contributed by atoms with Crippen LogP contribution < -0.4 is 11.1 Å². The number of halogens is 2. The number of nitrogens with one attached hydrogen (secondary N) is 1. The van der Waals surface area contributed by atoms with Gasteiger partial charge in [0.25, 0.3) is 5.91 Å². The predicted molar refractivity (Wildman–Crippen MR) is 73.1 cm³/mol. The molecule has 100 valence electrons. The van der Waals surface area contributed by atoms with Crippen molar-refractivity contribution in [3.05, 3.63) is 46.4 Å². The maximum Gasteiger partial charge on any atom is 0.254 e. The van der Waals surface area contributed by atoms with E-state index in [9.17, 15) is 9.18 Å². The standard InChI is InChI=1S/C12H12BrFN4O/c13-8-1-2-10(11(14)5-8)12(19)16-3-4-18-7-9(15)6-17-18/h1-2,5-7H,3-4,15H2,(H,16,19). The Hall–Kier alpha value is -1.89. The lowest BCUT2D eigenvalue weighted by Crippen LogP contribution is -2.28. The number of hydrogen-bond donors (Lipinski definition) is 2. The number of rotatable bonds is 4. The first-order valence-electron chi connectivity index (χ1n) is 5.57. The number of anilines is 1.